The SMILES string of the molecule is Fc1ccccc1CC(Cl)c1cc2c(s1)CCCC2. The van der Waals surface area contributed by atoms with E-state index in [1.165, 1.54) is 47.1 Å². The second kappa shape index (κ2) is 5.64. The summed E-state index contributed by atoms with van der Waals surface area (Å²) in [6, 6.07) is 9.13. The van der Waals surface area contributed by atoms with Crippen LogP contribution in [0.1, 0.15) is 39.1 Å². The molecule has 19 heavy (non-hydrogen) atoms. The van der Waals surface area contributed by atoms with Gasteiger partial charge in [-0.3, -0.25) is 0 Å². The first-order valence-corrected chi connectivity index (χ1v) is 7.98. The number of fused-ring (bicyclic) bond motifs is 1. The van der Waals surface area contributed by atoms with Gasteiger partial charge in [0.15, 0.2) is 0 Å². The molecule has 2 aromatic rings. The van der Waals surface area contributed by atoms with E-state index in [1.807, 2.05) is 23.5 Å². The van der Waals surface area contributed by atoms with E-state index < -0.39 is 0 Å². The minimum Gasteiger partial charge on any atom is -0.207 e. The largest absolute Gasteiger partial charge is 0.207 e. The highest BCUT2D eigenvalue weighted by Gasteiger charge is 2.18. The third-order valence-corrected chi connectivity index (χ3v) is 5.55. The van der Waals surface area contributed by atoms with Gasteiger partial charge in [-0.25, -0.2) is 4.39 Å². The van der Waals surface area contributed by atoms with Gasteiger partial charge in [0, 0.05) is 9.75 Å². The molecule has 0 N–H and O–H groups in total. The fourth-order valence-corrected chi connectivity index (χ4v) is 4.22. The average molecular weight is 295 g/mol. The van der Waals surface area contributed by atoms with Gasteiger partial charge in [-0.05, 0) is 55.4 Å². The van der Waals surface area contributed by atoms with Crippen LogP contribution < -0.4 is 0 Å². The number of thiophene rings is 1. The second-order valence-corrected chi connectivity index (χ2v) is 6.76. The summed E-state index contributed by atoms with van der Waals surface area (Å²) in [4.78, 5) is 2.68. The minimum atomic E-state index is -0.158. The molecule has 0 saturated heterocycles. The Bertz CT molecular complexity index is 552. The lowest BCUT2D eigenvalue weighted by Gasteiger charge is -2.08. The van der Waals surface area contributed by atoms with Crippen molar-refractivity contribution >= 4 is 22.9 Å². The van der Waals surface area contributed by atoms with Crippen LogP contribution >= 0.6 is 22.9 Å². The first kappa shape index (κ1) is 13.1. The van der Waals surface area contributed by atoms with Crippen LogP contribution in [0.4, 0.5) is 4.39 Å². The molecule has 1 aromatic heterocycles. The third kappa shape index (κ3) is 2.85. The number of hydrogen-bond acceptors (Lipinski definition) is 1. The Labute approximate surface area is 122 Å². The van der Waals surface area contributed by atoms with Crippen molar-refractivity contribution in [1.82, 2.24) is 0 Å². The maximum Gasteiger partial charge on any atom is 0.126 e. The number of hydrogen-bond donors (Lipinski definition) is 0. The molecule has 0 amide bonds. The van der Waals surface area contributed by atoms with Crippen LogP contribution in [0.3, 0.4) is 0 Å². The van der Waals surface area contributed by atoms with Gasteiger partial charge in [-0.2, -0.15) is 0 Å². The third-order valence-electron chi connectivity index (χ3n) is 3.68. The summed E-state index contributed by atoms with van der Waals surface area (Å²) in [7, 11) is 0. The molecule has 0 bridgehead atoms. The number of aryl methyl sites for hydroxylation is 2. The lowest BCUT2D eigenvalue weighted by Crippen LogP contribution is -1.97. The Kier molecular flexibility index (Phi) is 3.90. The molecular weight excluding hydrogens is 279 g/mol. The Morgan fingerprint density at radius 1 is 1.21 bits per heavy atom. The van der Waals surface area contributed by atoms with Crippen molar-refractivity contribution in [3.63, 3.8) is 0 Å². The van der Waals surface area contributed by atoms with Crippen molar-refractivity contribution < 1.29 is 4.39 Å². The quantitative estimate of drug-likeness (QED) is 0.675. The molecule has 3 rings (SSSR count). The zero-order chi connectivity index (χ0) is 13.2. The van der Waals surface area contributed by atoms with Gasteiger partial charge in [0.2, 0.25) is 0 Å². The van der Waals surface area contributed by atoms with Crippen molar-refractivity contribution in [3.8, 4) is 0 Å². The summed E-state index contributed by atoms with van der Waals surface area (Å²) in [6.07, 6.45) is 5.49. The molecule has 0 spiro atoms. The van der Waals surface area contributed by atoms with Crippen LogP contribution in [-0.4, -0.2) is 0 Å². The normalized spacial score (nSPS) is 16.1. The zero-order valence-electron chi connectivity index (χ0n) is 10.7. The summed E-state index contributed by atoms with van der Waals surface area (Å²) < 4.78 is 13.6. The summed E-state index contributed by atoms with van der Waals surface area (Å²) in [6.45, 7) is 0. The van der Waals surface area contributed by atoms with Crippen LogP contribution in [0.2, 0.25) is 0 Å². The summed E-state index contributed by atoms with van der Waals surface area (Å²) in [5.41, 5.74) is 2.17. The second-order valence-electron chi connectivity index (χ2n) is 5.07. The van der Waals surface area contributed by atoms with Crippen molar-refractivity contribution in [1.29, 1.82) is 0 Å². The summed E-state index contributed by atoms with van der Waals surface area (Å²) in [5, 5.41) is -0.118. The smallest absolute Gasteiger partial charge is 0.126 e. The number of rotatable bonds is 3. The maximum atomic E-state index is 13.6. The van der Waals surface area contributed by atoms with Crippen LogP contribution in [0.25, 0.3) is 0 Å². The molecule has 100 valence electrons. The molecule has 0 fully saturated rings. The van der Waals surface area contributed by atoms with Crippen LogP contribution in [-0.2, 0) is 19.3 Å². The van der Waals surface area contributed by atoms with Crippen molar-refractivity contribution in [3.05, 3.63) is 57.0 Å². The molecule has 1 heterocycles. The number of alkyl halides is 1. The van der Waals surface area contributed by atoms with Gasteiger partial charge in [-0.15, -0.1) is 22.9 Å². The lowest BCUT2D eigenvalue weighted by atomic mass is 9.98. The highest BCUT2D eigenvalue weighted by Crippen LogP contribution is 2.36. The van der Waals surface area contributed by atoms with E-state index >= 15 is 0 Å². The van der Waals surface area contributed by atoms with Crippen LogP contribution in [0.15, 0.2) is 30.3 Å². The zero-order valence-corrected chi connectivity index (χ0v) is 12.2. The monoisotopic (exact) mass is 294 g/mol. The summed E-state index contributed by atoms with van der Waals surface area (Å²) >= 11 is 8.29. The van der Waals surface area contributed by atoms with Gasteiger partial charge < -0.3 is 0 Å². The molecule has 1 aliphatic carbocycles. The topological polar surface area (TPSA) is 0 Å². The summed E-state index contributed by atoms with van der Waals surface area (Å²) in [5.74, 6) is -0.158. The Morgan fingerprint density at radius 3 is 2.79 bits per heavy atom. The van der Waals surface area contributed by atoms with E-state index in [4.69, 9.17) is 11.6 Å². The fourth-order valence-electron chi connectivity index (χ4n) is 2.63. The van der Waals surface area contributed by atoms with Crippen molar-refractivity contribution in [2.45, 2.75) is 37.5 Å². The van der Waals surface area contributed by atoms with Gasteiger partial charge >= 0.3 is 0 Å². The molecule has 1 aromatic carbocycles. The Hall–Kier alpha value is -0.860. The van der Waals surface area contributed by atoms with E-state index in [0.717, 1.165) is 0 Å². The maximum absolute atomic E-state index is 13.6. The van der Waals surface area contributed by atoms with Gasteiger partial charge in [0.25, 0.3) is 0 Å². The predicted octanol–water partition coefficient (Wildman–Crippen LogP) is 5.29. The number of benzene rings is 1. The van der Waals surface area contributed by atoms with Crippen molar-refractivity contribution in [2.75, 3.05) is 0 Å². The van der Waals surface area contributed by atoms with Crippen molar-refractivity contribution in [2.24, 2.45) is 0 Å². The standard InChI is InChI=1S/C16H16ClFS/c17-13(9-11-5-1-3-7-14(11)18)16-10-12-6-2-4-8-15(12)19-16/h1,3,5,7,10,13H,2,4,6,8-9H2. The van der Waals surface area contributed by atoms with Crippen LogP contribution in [0.5, 0.6) is 0 Å². The van der Waals surface area contributed by atoms with Gasteiger partial charge in [0.1, 0.15) is 5.82 Å². The molecule has 0 aliphatic heterocycles. The first-order chi connectivity index (χ1) is 9.24. The predicted molar refractivity (Wildman–Crippen MR) is 79.7 cm³/mol. The van der Waals surface area contributed by atoms with Crippen LogP contribution in [0, 0.1) is 5.82 Å². The Morgan fingerprint density at radius 2 is 2.00 bits per heavy atom. The van der Waals surface area contributed by atoms with Gasteiger partial charge in [-0.1, -0.05) is 18.2 Å². The van der Waals surface area contributed by atoms with Gasteiger partial charge in [0.05, 0.1) is 5.38 Å². The highest BCUT2D eigenvalue weighted by atomic mass is 35.5. The van der Waals surface area contributed by atoms with E-state index in [2.05, 4.69) is 6.07 Å². The van der Waals surface area contributed by atoms with E-state index in [1.54, 1.807) is 6.07 Å². The van der Waals surface area contributed by atoms with E-state index in [9.17, 15) is 4.39 Å². The number of halogens is 2. The molecule has 0 saturated carbocycles. The molecule has 0 nitrogen and oxygen atoms in total. The Balaban J connectivity index is 1.79. The van der Waals surface area contributed by atoms with E-state index in [-0.39, 0.29) is 11.2 Å². The molecule has 1 atom stereocenters. The minimum absolute atomic E-state index is 0.118. The first-order valence-electron chi connectivity index (χ1n) is 6.73. The molecule has 0 radical (unpaired) electrons. The lowest BCUT2D eigenvalue weighted by molar-refractivity contribution is 0.607. The molecule has 1 unspecified atom stereocenters. The molecule has 3 heteroatoms. The fraction of sp³-hybridized carbons (Fsp3) is 0.375. The van der Waals surface area contributed by atoms with E-state index in [0.29, 0.717) is 12.0 Å². The molecular formula is C16H16ClFS. The highest BCUT2D eigenvalue weighted by molar-refractivity contribution is 7.12. The molecule has 1 aliphatic rings. The average Bonchev–Trinajstić information content (AvgIpc) is 2.85.